The van der Waals surface area contributed by atoms with Crippen LogP contribution in [0.5, 0.6) is 0 Å². The standard InChI is InChI=1S/C17H24BrN3/c1-4-15-17(18)16(21(3)20-15)12-19-11-10-13(2)14-8-6-5-7-9-14/h5-9,13,19H,4,10-12H2,1-3H3. The molecule has 0 saturated heterocycles. The molecule has 0 amide bonds. The van der Waals surface area contributed by atoms with Crippen LogP contribution in [0.1, 0.15) is 43.1 Å². The van der Waals surface area contributed by atoms with E-state index in [1.807, 2.05) is 11.7 Å². The van der Waals surface area contributed by atoms with Gasteiger partial charge >= 0.3 is 0 Å². The lowest BCUT2D eigenvalue weighted by Crippen LogP contribution is -2.18. The van der Waals surface area contributed by atoms with Gasteiger partial charge in [0, 0.05) is 13.6 Å². The first-order valence-corrected chi connectivity index (χ1v) is 8.38. The smallest absolute Gasteiger partial charge is 0.0767 e. The van der Waals surface area contributed by atoms with Gasteiger partial charge in [-0.1, -0.05) is 44.2 Å². The van der Waals surface area contributed by atoms with Crippen molar-refractivity contribution in [3.8, 4) is 0 Å². The number of benzene rings is 1. The van der Waals surface area contributed by atoms with E-state index in [0.29, 0.717) is 5.92 Å². The zero-order valence-corrected chi connectivity index (χ0v) is 14.7. The summed E-state index contributed by atoms with van der Waals surface area (Å²) in [5, 5.41) is 8.05. The Kier molecular flexibility index (Phi) is 6.00. The Bertz CT molecular complexity index is 563. The van der Waals surface area contributed by atoms with Crippen LogP contribution in [-0.4, -0.2) is 16.3 Å². The summed E-state index contributed by atoms with van der Waals surface area (Å²) in [7, 11) is 2.01. The number of aryl methyl sites for hydroxylation is 2. The third-order valence-electron chi connectivity index (χ3n) is 3.92. The highest BCUT2D eigenvalue weighted by molar-refractivity contribution is 9.10. The van der Waals surface area contributed by atoms with Gasteiger partial charge in [-0.3, -0.25) is 4.68 Å². The Morgan fingerprint density at radius 3 is 2.62 bits per heavy atom. The van der Waals surface area contributed by atoms with Crippen LogP contribution in [0.3, 0.4) is 0 Å². The zero-order chi connectivity index (χ0) is 15.2. The maximum Gasteiger partial charge on any atom is 0.0767 e. The van der Waals surface area contributed by atoms with Gasteiger partial charge in [-0.05, 0) is 46.8 Å². The average Bonchev–Trinajstić information content (AvgIpc) is 2.79. The minimum absolute atomic E-state index is 0.583. The molecule has 2 aromatic rings. The molecule has 0 aliphatic rings. The van der Waals surface area contributed by atoms with Crippen molar-refractivity contribution >= 4 is 15.9 Å². The average molecular weight is 350 g/mol. The fourth-order valence-corrected chi connectivity index (χ4v) is 3.24. The summed E-state index contributed by atoms with van der Waals surface area (Å²) >= 11 is 3.66. The van der Waals surface area contributed by atoms with Crippen LogP contribution >= 0.6 is 15.9 Å². The third kappa shape index (κ3) is 4.17. The Morgan fingerprint density at radius 1 is 1.29 bits per heavy atom. The van der Waals surface area contributed by atoms with Crippen LogP contribution in [0, 0.1) is 0 Å². The molecule has 0 bridgehead atoms. The van der Waals surface area contributed by atoms with E-state index in [0.717, 1.165) is 36.1 Å². The Hall–Kier alpha value is -1.13. The Morgan fingerprint density at radius 2 is 2.00 bits per heavy atom. The largest absolute Gasteiger partial charge is 0.311 e. The van der Waals surface area contributed by atoms with Gasteiger partial charge in [-0.2, -0.15) is 5.10 Å². The van der Waals surface area contributed by atoms with E-state index in [-0.39, 0.29) is 0 Å². The molecule has 114 valence electrons. The summed E-state index contributed by atoms with van der Waals surface area (Å²) in [5.74, 6) is 0.583. The molecule has 0 radical (unpaired) electrons. The van der Waals surface area contributed by atoms with Crippen LogP contribution < -0.4 is 5.32 Å². The maximum atomic E-state index is 4.52. The lowest BCUT2D eigenvalue weighted by atomic mass is 9.98. The lowest BCUT2D eigenvalue weighted by molar-refractivity contribution is 0.571. The van der Waals surface area contributed by atoms with Crippen molar-refractivity contribution in [3.63, 3.8) is 0 Å². The number of nitrogens with zero attached hydrogens (tertiary/aromatic N) is 2. The van der Waals surface area contributed by atoms with E-state index >= 15 is 0 Å². The van der Waals surface area contributed by atoms with E-state index in [1.165, 1.54) is 11.3 Å². The number of hydrogen-bond donors (Lipinski definition) is 1. The van der Waals surface area contributed by atoms with Gasteiger partial charge in [-0.25, -0.2) is 0 Å². The molecule has 1 heterocycles. The first kappa shape index (κ1) is 16.2. The third-order valence-corrected chi connectivity index (χ3v) is 4.83. The molecule has 3 nitrogen and oxygen atoms in total. The van der Waals surface area contributed by atoms with Crippen molar-refractivity contribution in [2.45, 2.75) is 39.2 Å². The number of aromatic nitrogens is 2. The summed E-state index contributed by atoms with van der Waals surface area (Å²) in [5.41, 5.74) is 3.76. The summed E-state index contributed by atoms with van der Waals surface area (Å²) in [6.45, 7) is 6.28. The fraction of sp³-hybridized carbons (Fsp3) is 0.471. The molecule has 1 unspecified atom stereocenters. The normalized spacial score (nSPS) is 12.6. The molecular weight excluding hydrogens is 326 g/mol. The highest BCUT2D eigenvalue weighted by Crippen LogP contribution is 2.21. The van der Waals surface area contributed by atoms with Crippen LogP contribution in [0.4, 0.5) is 0 Å². The van der Waals surface area contributed by atoms with Crippen molar-refractivity contribution < 1.29 is 0 Å². The van der Waals surface area contributed by atoms with Gasteiger partial charge in [-0.15, -0.1) is 0 Å². The summed E-state index contributed by atoms with van der Waals surface area (Å²) < 4.78 is 3.12. The molecule has 0 aliphatic heterocycles. The predicted octanol–water partition coefficient (Wildman–Crippen LogP) is 4.03. The van der Waals surface area contributed by atoms with Gasteiger partial charge in [0.15, 0.2) is 0 Å². The summed E-state index contributed by atoms with van der Waals surface area (Å²) in [6, 6.07) is 10.7. The highest BCUT2D eigenvalue weighted by atomic mass is 79.9. The molecule has 2 rings (SSSR count). The van der Waals surface area contributed by atoms with Crippen molar-refractivity contribution in [2.75, 3.05) is 6.54 Å². The Balaban J connectivity index is 1.81. The topological polar surface area (TPSA) is 29.9 Å². The summed E-state index contributed by atoms with van der Waals surface area (Å²) in [6.07, 6.45) is 2.10. The van der Waals surface area contributed by atoms with Gasteiger partial charge in [0.2, 0.25) is 0 Å². The zero-order valence-electron chi connectivity index (χ0n) is 13.1. The molecule has 4 heteroatoms. The Labute approximate surface area is 135 Å². The van der Waals surface area contributed by atoms with Crippen molar-refractivity contribution in [1.82, 2.24) is 15.1 Å². The second-order valence-corrected chi connectivity index (χ2v) is 6.25. The van der Waals surface area contributed by atoms with Crippen LogP contribution in [0.25, 0.3) is 0 Å². The molecule has 1 atom stereocenters. The minimum Gasteiger partial charge on any atom is -0.311 e. The van der Waals surface area contributed by atoms with E-state index in [9.17, 15) is 0 Å². The summed E-state index contributed by atoms with van der Waals surface area (Å²) in [4.78, 5) is 0. The lowest BCUT2D eigenvalue weighted by Gasteiger charge is -2.12. The quantitative estimate of drug-likeness (QED) is 0.764. The van der Waals surface area contributed by atoms with Crippen molar-refractivity contribution in [1.29, 1.82) is 0 Å². The second-order valence-electron chi connectivity index (χ2n) is 5.46. The molecule has 0 aliphatic carbocycles. The molecule has 21 heavy (non-hydrogen) atoms. The van der Waals surface area contributed by atoms with Gasteiger partial charge < -0.3 is 5.32 Å². The molecule has 0 saturated carbocycles. The van der Waals surface area contributed by atoms with Crippen molar-refractivity contribution in [2.24, 2.45) is 7.05 Å². The second kappa shape index (κ2) is 7.76. The predicted molar refractivity (Wildman–Crippen MR) is 91.5 cm³/mol. The number of rotatable bonds is 7. The fourth-order valence-electron chi connectivity index (χ4n) is 2.49. The maximum absolute atomic E-state index is 4.52. The van der Waals surface area contributed by atoms with Crippen molar-refractivity contribution in [3.05, 3.63) is 51.8 Å². The van der Waals surface area contributed by atoms with Gasteiger partial charge in [0.1, 0.15) is 0 Å². The number of hydrogen-bond acceptors (Lipinski definition) is 2. The molecule has 1 N–H and O–H groups in total. The SMILES string of the molecule is CCc1nn(C)c(CNCCC(C)c2ccccc2)c1Br. The number of nitrogens with one attached hydrogen (secondary N) is 1. The van der Waals surface area contributed by atoms with E-state index in [2.05, 4.69) is 70.5 Å². The molecular formula is C17H24BrN3. The van der Waals surface area contributed by atoms with Crippen LogP contribution in [-0.2, 0) is 20.0 Å². The molecule has 1 aromatic heterocycles. The van der Waals surface area contributed by atoms with Crippen LogP contribution in [0.2, 0.25) is 0 Å². The monoisotopic (exact) mass is 349 g/mol. The highest BCUT2D eigenvalue weighted by Gasteiger charge is 2.12. The number of halogens is 1. The molecule has 0 fully saturated rings. The van der Waals surface area contributed by atoms with Gasteiger partial charge in [0.25, 0.3) is 0 Å². The van der Waals surface area contributed by atoms with E-state index < -0.39 is 0 Å². The first-order valence-electron chi connectivity index (χ1n) is 7.59. The minimum atomic E-state index is 0.583. The van der Waals surface area contributed by atoms with E-state index in [1.54, 1.807) is 0 Å². The molecule has 0 spiro atoms. The molecule has 1 aromatic carbocycles. The van der Waals surface area contributed by atoms with Crippen LogP contribution in [0.15, 0.2) is 34.8 Å². The van der Waals surface area contributed by atoms with E-state index in [4.69, 9.17) is 0 Å². The van der Waals surface area contributed by atoms with Gasteiger partial charge in [0.05, 0.1) is 15.9 Å². The first-order chi connectivity index (χ1) is 10.1.